The molecule has 3 atom stereocenters. The summed E-state index contributed by atoms with van der Waals surface area (Å²) in [7, 11) is 2.07. The van der Waals surface area contributed by atoms with E-state index in [1.807, 2.05) is 30.3 Å². The van der Waals surface area contributed by atoms with Crippen molar-refractivity contribution in [2.24, 2.45) is 5.73 Å². The molecule has 0 aliphatic heterocycles. The van der Waals surface area contributed by atoms with E-state index in [4.69, 9.17) is 21.8 Å². The van der Waals surface area contributed by atoms with Crippen molar-refractivity contribution in [3.63, 3.8) is 0 Å². The van der Waals surface area contributed by atoms with Gasteiger partial charge in [0.25, 0.3) is 0 Å². The van der Waals surface area contributed by atoms with Crippen LogP contribution in [0.3, 0.4) is 0 Å². The van der Waals surface area contributed by atoms with Gasteiger partial charge in [-0.1, -0.05) is 36.7 Å². The van der Waals surface area contributed by atoms with Gasteiger partial charge in [0.15, 0.2) is 0 Å². The Balaban J connectivity index is 2.30. The Morgan fingerprint density at radius 1 is 1.24 bits per heavy atom. The quantitative estimate of drug-likeness (QED) is 0.860. The summed E-state index contributed by atoms with van der Waals surface area (Å²) in [5.74, 6) is 0.894. The molecule has 1 heterocycles. The summed E-state index contributed by atoms with van der Waals surface area (Å²) in [5.41, 5.74) is 7.43. The van der Waals surface area contributed by atoms with Crippen LogP contribution in [0, 0.1) is 0 Å². The molecule has 0 amide bonds. The lowest BCUT2D eigenvalue weighted by Gasteiger charge is -2.35. The first-order valence-electron chi connectivity index (χ1n) is 7.31. The minimum atomic E-state index is 0.00564. The van der Waals surface area contributed by atoms with Gasteiger partial charge in [-0.2, -0.15) is 0 Å². The SMILES string of the molecule is CCC(N)C(c1ccco1)N(C)C(C)c1ccccc1Cl. The Labute approximate surface area is 131 Å². The average Bonchev–Trinajstić information content (AvgIpc) is 3.00. The van der Waals surface area contributed by atoms with E-state index in [2.05, 4.69) is 31.9 Å². The third-order valence-electron chi connectivity index (χ3n) is 4.12. The lowest BCUT2D eigenvalue weighted by Crippen LogP contribution is -2.39. The number of nitrogens with two attached hydrogens (primary N) is 1. The Hall–Kier alpha value is -1.29. The summed E-state index contributed by atoms with van der Waals surface area (Å²) >= 11 is 6.32. The second-order valence-corrected chi connectivity index (χ2v) is 5.80. The van der Waals surface area contributed by atoms with E-state index in [-0.39, 0.29) is 18.1 Å². The predicted octanol–water partition coefficient (Wildman–Crippen LogP) is 4.40. The van der Waals surface area contributed by atoms with Crippen LogP contribution in [0.5, 0.6) is 0 Å². The van der Waals surface area contributed by atoms with Crippen LogP contribution < -0.4 is 5.73 Å². The van der Waals surface area contributed by atoms with Crippen LogP contribution in [-0.4, -0.2) is 18.0 Å². The molecule has 3 unspecified atom stereocenters. The third kappa shape index (κ3) is 3.49. The molecule has 0 saturated heterocycles. The molecule has 2 rings (SSSR count). The molecule has 21 heavy (non-hydrogen) atoms. The van der Waals surface area contributed by atoms with Gasteiger partial charge >= 0.3 is 0 Å². The van der Waals surface area contributed by atoms with Crippen LogP contribution in [0.15, 0.2) is 47.1 Å². The van der Waals surface area contributed by atoms with Crippen molar-refractivity contribution in [2.75, 3.05) is 7.05 Å². The highest BCUT2D eigenvalue weighted by Gasteiger charge is 2.29. The summed E-state index contributed by atoms with van der Waals surface area (Å²) in [6.45, 7) is 4.23. The number of benzene rings is 1. The molecule has 114 valence electrons. The molecule has 0 spiro atoms. The minimum absolute atomic E-state index is 0.00564. The third-order valence-corrected chi connectivity index (χ3v) is 4.46. The molecule has 4 heteroatoms. The van der Waals surface area contributed by atoms with E-state index in [9.17, 15) is 0 Å². The van der Waals surface area contributed by atoms with Crippen LogP contribution >= 0.6 is 11.6 Å². The zero-order valence-corrected chi connectivity index (χ0v) is 13.5. The van der Waals surface area contributed by atoms with Crippen molar-refractivity contribution in [1.82, 2.24) is 4.90 Å². The van der Waals surface area contributed by atoms with Gasteiger partial charge in [0.2, 0.25) is 0 Å². The topological polar surface area (TPSA) is 42.4 Å². The average molecular weight is 307 g/mol. The number of rotatable bonds is 6. The molecule has 0 aliphatic rings. The second kappa shape index (κ2) is 7.12. The zero-order valence-electron chi connectivity index (χ0n) is 12.8. The Morgan fingerprint density at radius 2 is 1.95 bits per heavy atom. The van der Waals surface area contributed by atoms with Crippen molar-refractivity contribution in [2.45, 2.75) is 38.4 Å². The summed E-state index contributed by atoms with van der Waals surface area (Å²) in [6.07, 6.45) is 2.57. The molecule has 2 N–H and O–H groups in total. The molecular weight excluding hydrogens is 284 g/mol. The van der Waals surface area contributed by atoms with E-state index in [1.54, 1.807) is 6.26 Å². The van der Waals surface area contributed by atoms with Gasteiger partial charge < -0.3 is 10.2 Å². The van der Waals surface area contributed by atoms with E-state index in [0.717, 1.165) is 22.8 Å². The second-order valence-electron chi connectivity index (χ2n) is 5.40. The lowest BCUT2D eigenvalue weighted by molar-refractivity contribution is 0.138. The Morgan fingerprint density at radius 3 is 2.52 bits per heavy atom. The fourth-order valence-corrected chi connectivity index (χ4v) is 2.96. The van der Waals surface area contributed by atoms with Crippen molar-refractivity contribution >= 4 is 11.6 Å². The van der Waals surface area contributed by atoms with E-state index in [0.29, 0.717) is 0 Å². The number of likely N-dealkylation sites (N-methyl/N-ethyl adjacent to an activating group) is 1. The number of hydrogen-bond donors (Lipinski definition) is 1. The van der Waals surface area contributed by atoms with Gasteiger partial charge in [-0.3, -0.25) is 4.90 Å². The van der Waals surface area contributed by atoms with Gasteiger partial charge in [0.1, 0.15) is 5.76 Å². The summed E-state index contributed by atoms with van der Waals surface area (Å²) in [6, 6.07) is 12.0. The monoisotopic (exact) mass is 306 g/mol. The smallest absolute Gasteiger partial charge is 0.122 e. The molecule has 1 aromatic heterocycles. The predicted molar refractivity (Wildman–Crippen MR) is 87.3 cm³/mol. The van der Waals surface area contributed by atoms with Crippen LogP contribution in [0.4, 0.5) is 0 Å². The van der Waals surface area contributed by atoms with Gasteiger partial charge in [0, 0.05) is 17.1 Å². The van der Waals surface area contributed by atoms with Gasteiger partial charge in [0.05, 0.1) is 12.3 Å². The fourth-order valence-electron chi connectivity index (χ4n) is 2.67. The van der Waals surface area contributed by atoms with Crippen LogP contribution in [0.1, 0.15) is 43.7 Å². The van der Waals surface area contributed by atoms with E-state index in [1.165, 1.54) is 0 Å². The van der Waals surface area contributed by atoms with Crippen molar-refractivity contribution in [3.8, 4) is 0 Å². The van der Waals surface area contributed by atoms with Crippen molar-refractivity contribution in [3.05, 3.63) is 59.0 Å². The molecular formula is C17H23ClN2O. The Bertz CT molecular complexity index is 556. The highest BCUT2D eigenvalue weighted by Crippen LogP contribution is 2.34. The van der Waals surface area contributed by atoms with Crippen LogP contribution in [-0.2, 0) is 0 Å². The minimum Gasteiger partial charge on any atom is -0.468 e. The molecule has 0 aliphatic carbocycles. The summed E-state index contributed by atoms with van der Waals surface area (Å²) in [4.78, 5) is 2.23. The normalized spacial score (nSPS) is 15.9. The van der Waals surface area contributed by atoms with Crippen molar-refractivity contribution < 1.29 is 4.42 Å². The molecule has 0 saturated carbocycles. The standard InChI is InChI=1S/C17H23ClN2O/c1-4-15(19)17(16-10-7-11-21-16)20(3)12(2)13-8-5-6-9-14(13)18/h5-12,15,17H,4,19H2,1-3H3. The molecule has 0 bridgehead atoms. The molecule has 3 nitrogen and oxygen atoms in total. The lowest BCUT2D eigenvalue weighted by atomic mass is 9.98. The fraction of sp³-hybridized carbons (Fsp3) is 0.412. The first-order chi connectivity index (χ1) is 10.1. The van der Waals surface area contributed by atoms with Crippen LogP contribution in [0.25, 0.3) is 0 Å². The first-order valence-corrected chi connectivity index (χ1v) is 7.69. The number of halogens is 1. The van der Waals surface area contributed by atoms with Gasteiger partial charge in [-0.25, -0.2) is 0 Å². The van der Waals surface area contributed by atoms with Crippen LogP contribution in [0.2, 0.25) is 5.02 Å². The van der Waals surface area contributed by atoms with E-state index < -0.39 is 0 Å². The number of hydrogen-bond acceptors (Lipinski definition) is 3. The molecule has 0 fully saturated rings. The number of nitrogens with zero attached hydrogens (tertiary/aromatic N) is 1. The maximum atomic E-state index is 6.33. The number of furan rings is 1. The molecule has 2 aromatic rings. The highest BCUT2D eigenvalue weighted by molar-refractivity contribution is 6.31. The first kappa shape index (κ1) is 16.1. The largest absolute Gasteiger partial charge is 0.468 e. The zero-order chi connectivity index (χ0) is 15.4. The van der Waals surface area contributed by atoms with Gasteiger partial charge in [-0.15, -0.1) is 0 Å². The van der Waals surface area contributed by atoms with Crippen molar-refractivity contribution in [1.29, 1.82) is 0 Å². The van der Waals surface area contributed by atoms with E-state index >= 15 is 0 Å². The summed E-state index contributed by atoms with van der Waals surface area (Å²) in [5, 5.41) is 0.778. The maximum Gasteiger partial charge on any atom is 0.122 e. The maximum absolute atomic E-state index is 6.33. The molecule has 0 radical (unpaired) electrons. The van der Waals surface area contributed by atoms with Gasteiger partial charge in [-0.05, 0) is 44.2 Å². The molecule has 1 aromatic carbocycles. The highest BCUT2D eigenvalue weighted by atomic mass is 35.5. The Kier molecular flexibility index (Phi) is 5.45. The summed E-state index contributed by atoms with van der Waals surface area (Å²) < 4.78 is 5.60.